The maximum absolute atomic E-state index is 12.4. The van der Waals surface area contributed by atoms with Gasteiger partial charge in [0.2, 0.25) is 0 Å². The van der Waals surface area contributed by atoms with Crippen LogP contribution in [0.4, 0.5) is 8.78 Å². The molecule has 118 valence electrons. The molecule has 0 aliphatic carbocycles. The van der Waals surface area contributed by atoms with E-state index in [0.29, 0.717) is 16.5 Å². The predicted octanol–water partition coefficient (Wildman–Crippen LogP) is 3.64. The quantitative estimate of drug-likeness (QED) is 0.738. The molecule has 2 atom stereocenters. The van der Waals surface area contributed by atoms with Crippen molar-refractivity contribution in [2.75, 3.05) is 0 Å². The molecule has 0 spiro atoms. The highest BCUT2D eigenvalue weighted by Gasteiger charge is 2.23. The third-order valence-electron chi connectivity index (χ3n) is 3.23. The lowest BCUT2D eigenvalue weighted by atomic mass is 9.99. The lowest BCUT2D eigenvalue weighted by Crippen LogP contribution is -2.41. The Hall–Kier alpha value is -1.21. The van der Waals surface area contributed by atoms with Crippen LogP contribution in [0.1, 0.15) is 25.8 Å². The Balaban J connectivity index is 2.85. The van der Waals surface area contributed by atoms with Gasteiger partial charge in [-0.15, -0.1) is 0 Å². The molecular weight excluding hydrogens is 348 g/mol. The number of rotatable bonds is 8. The summed E-state index contributed by atoms with van der Waals surface area (Å²) in [5.41, 5.74) is 0.472. The Labute approximate surface area is 130 Å². The van der Waals surface area contributed by atoms with E-state index in [1.54, 1.807) is 12.1 Å². The highest BCUT2D eigenvalue weighted by atomic mass is 79.9. The fourth-order valence-corrected chi connectivity index (χ4v) is 2.29. The highest BCUT2D eigenvalue weighted by molar-refractivity contribution is 9.10. The number of hydrogen-bond acceptors (Lipinski definition) is 3. The van der Waals surface area contributed by atoms with Crippen molar-refractivity contribution in [2.24, 2.45) is 5.92 Å². The van der Waals surface area contributed by atoms with E-state index in [4.69, 9.17) is 0 Å². The highest BCUT2D eigenvalue weighted by Crippen LogP contribution is 2.25. The zero-order chi connectivity index (χ0) is 16.0. The first-order valence-corrected chi connectivity index (χ1v) is 7.33. The first-order valence-electron chi connectivity index (χ1n) is 6.54. The average molecular weight is 366 g/mol. The molecule has 1 aromatic carbocycles. The van der Waals surface area contributed by atoms with Gasteiger partial charge in [0.15, 0.2) is 0 Å². The molecule has 0 amide bonds. The normalized spacial score (nSPS) is 14.0. The summed E-state index contributed by atoms with van der Waals surface area (Å²) in [6.45, 7) is 0.925. The molecule has 4 nitrogen and oxygen atoms in total. The van der Waals surface area contributed by atoms with Crippen molar-refractivity contribution in [3.63, 3.8) is 0 Å². The van der Waals surface area contributed by atoms with Crippen molar-refractivity contribution < 1.29 is 23.4 Å². The minimum atomic E-state index is -2.92. The number of carbonyl (C=O) groups is 1. The van der Waals surface area contributed by atoms with Gasteiger partial charge in [0.05, 0.1) is 0 Å². The molecule has 0 saturated heterocycles. The van der Waals surface area contributed by atoms with Gasteiger partial charge in [-0.25, -0.2) is 0 Å². The second kappa shape index (κ2) is 8.29. The summed E-state index contributed by atoms with van der Waals surface area (Å²) >= 11 is 3.25. The van der Waals surface area contributed by atoms with Crippen LogP contribution < -0.4 is 10.1 Å². The van der Waals surface area contributed by atoms with E-state index >= 15 is 0 Å². The number of halogens is 3. The number of benzene rings is 1. The molecule has 2 N–H and O–H groups in total. The van der Waals surface area contributed by atoms with Gasteiger partial charge in [-0.2, -0.15) is 8.78 Å². The number of alkyl halides is 2. The van der Waals surface area contributed by atoms with Gasteiger partial charge in [0.25, 0.3) is 0 Å². The summed E-state index contributed by atoms with van der Waals surface area (Å²) in [6.07, 6.45) is 0.697. The summed E-state index contributed by atoms with van der Waals surface area (Å²) < 4.78 is 29.9. The molecule has 1 rings (SSSR count). The summed E-state index contributed by atoms with van der Waals surface area (Å²) in [7, 11) is 0. The topological polar surface area (TPSA) is 58.6 Å². The fraction of sp³-hybridized carbons (Fsp3) is 0.500. The minimum absolute atomic E-state index is 0.0361. The number of aliphatic carboxylic acids is 1. The van der Waals surface area contributed by atoms with Gasteiger partial charge >= 0.3 is 12.6 Å². The Kier molecular flexibility index (Phi) is 7.04. The van der Waals surface area contributed by atoms with Crippen LogP contribution in [0.5, 0.6) is 5.75 Å². The van der Waals surface area contributed by atoms with Crippen LogP contribution in [0.2, 0.25) is 0 Å². The lowest BCUT2D eigenvalue weighted by Gasteiger charge is -2.21. The molecule has 0 saturated carbocycles. The number of hydrogen-bond donors (Lipinski definition) is 2. The number of carboxylic acid groups (broad SMARTS) is 1. The molecule has 1 aromatic rings. The van der Waals surface area contributed by atoms with Crippen molar-refractivity contribution in [3.05, 3.63) is 28.2 Å². The third-order valence-corrected chi connectivity index (χ3v) is 3.72. The van der Waals surface area contributed by atoms with Gasteiger partial charge in [-0.1, -0.05) is 36.2 Å². The van der Waals surface area contributed by atoms with E-state index in [2.05, 4.69) is 26.0 Å². The summed E-state index contributed by atoms with van der Waals surface area (Å²) in [5, 5.41) is 12.1. The van der Waals surface area contributed by atoms with Crippen LogP contribution in [0, 0.1) is 5.92 Å². The Morgan fingerprint density at radius 1 is 1.48 bits per heavy atom. The second-order valence-corrected chi connectivity index (χ2v) is 5.63. The zero-order valence-electron chi connectivity index (χ0n) is 11.8. The first-order chi connectivity index (χ1) is 9.85. The zero-order valence-corrected chi connectivity index (χ0v) is 13.4. The lowest BCUT2D eigenvalue weighted by molar-refractivity contribution is -0.140. The number of carboxylic acids is 1. The molecule has 0 unspecified atom stereocenters. The molecular formula is C14H18BrF2NO3. The van der Waals surface area contributed by atoms with Crippen LogP contribution in [0.3, 0.4) is 0 Å². The van der Waals surface area contributed by atoms with E-state index in [1.165, 1.54) is 6.07 Å². The number of nitrogens with one attached hydrogen (secondary N) is 1. The second-order valence-electron chi connectivity index (χ2n) is 4.71. The standard InChI is InChI=1S/C14H18BrF2NO3/c1-3-8(2)12(13(19)20)18-7-9-6-10(15)4-5-11(9)21-14(16)17/h4-6,8,12,14,18H,3,7H2,1-2H3,(H,19,20)/t8-,12-/m0/s1. The summed E-state index contributed by atoms with van der Waals surface area (Å²) in [6, 6.07) is 3.89. The Morgan fingerprint density at radius 3 is 2.67 bits per heavy atom. The molecule has 0 bridgehead atoms. The van der Waals surface area contributed by atoms with Gasteiger partial charge in [-0.05, 0) is 24.1 Å². The monoisotopic (exact) mass is 365 g/mol. The maximum Gasteiger partial charge on any atom is 0.387 e. The first kappa shape index (κ1) is 17.8. The molecule has 0 aromatic heterocycles. The molecule has 0 aliphatic heterocycles. The van der Waals surface area contributed by atoms with Gasteiger partial charge in [0.1, 0.15) is 11.8 Å². The largest absolute Gasteiger partial charge is 0.480 e. The fourth-order valence-electron chi connectivity index (χ4n) is 1.88. The maximum atomic E-state index is 12.4. The van der Waals surface area contributed by atoms with Crippen molar-refractivity contribution in [2.45, 2.75) is 39.5 Å². The Morgan fingerprint density at radius 2 is 2.14 bits per heavy atom. The molecule has 0 fully saturated rings. The van der Waals surface area contributed by atoms with E-state index in [1.807, 2.05) is 13.8 Å². The third kappa shape index (κ3) is 5.59. The van der Waals surface area contributed by atoms with Crippen molar-refractivity contribution in [3.8, 4) is 5.75 Å². The summed E-state index contributed by atoms with van der Waals surface area (Å²) in [5.74, 6) is -1.00. The molecule has 0 aliphatic rings. The van der Waals surface area contributed by atoms with Crippen LogP contribution in [-0.2, 0) is 11.3 Å². The SMILES string of the molecule is CC[C@H](C)[C@H](NCc1cc(Br)ccc1OC(F)F)C(=O)O. The molecule has 7 heteroatoms. The number of ether oxygens (including phenoxy) is 1. The van der Waals surface area contributed by atoms with Crippen molar-refractivity contribution in [1.82, 2.24) is 5.32 Å². The summed E-state index contributed by atoms with van der Waals surface area (Å²) in [4.78, 5) is 11.2. The van der Waals surface area contributed by atoms with E-state index in [9.17, 15) is 18.7 Å². The van der Waals surface area contributed by atoms with Crippen LogP contribution >= 0.6 is 15.9 Å². The Bertz CT molecular complexity index is 485. The molecule has 0 heterocycles. The van der Waals surface area contributed by atoms with Crippen molar-refractivity contribution in [1.29, 1.82) is 0 Å². The van der Waals surface area contributed by atoms with Gasteiger partial charge in [-0.3, -0.25) is 10.1 Å². The van der Waals surface area contributed by atoms with Crippen molar-refractivity contribution >= 4 is 21.9 Å². The smallest absolute Gasteiger partial charge is 0.387 e. The molecule has 21 heavy (non-hydrogen) atoms. The van der Waals surface area contributed by atoms with E-state index in [0.717, 1.165) is 0 Å². The molecule has 0 radical (unpaired) electrons. The van der Waals surface area contributed by atoms with E-state index < -0.39 is 18.6 Å². The van der Waals surface area contributed by atoms with Crippen LogP contribution in [0.15, 0.2) is 22.7 Å². The van der Waals surface area contributed by atoms with E-state index in [-0.39, 0.29) is 18.2 Å². The average Bonchev–Trinajstić information content (AvgIpc) is 2.40. The predicted molar refractivity (Wildman–Crippen MR) is 78.5 cm³/mol. The van der Waals surface area contributed by atoms with Gasteiger partial charge < -0.3 is 9.84 Å². The van der Waals surface area contributed by atoms with Crippen LogP contribution in [0.25, 0.3) is 0 Å². The van der Waals surface area contributed by atoms with Gasteiger partial charge in [0, 0.05) is 16.6 Å². The minimum Gasteiger partial charge on any atom is -0.480 e. The van der Waals surface area contributed by atoms with Crippen LogP contribution in [-0.4, -0.2) is 23.7 Å².